The summed E-state index contributed by atoms with van der Waals surface area (Å²) in [6, 6.07) is 6.90. The molecule has 0 bridgehead atoms. The minimum atomic E-state index is -1.54. The molecule has 0 aliphatic rings. The third-order valence-corrected chi connectivity index (χ3v) is 2.34. The summed E-state index contributed by atoms with van der Waals surface area (Å²) in [5.74, 6) is 0. The molecule has 2 N–H and O–H groups in total. The maximum Gasteiger partial charge on any atom is 0.276 e. The second-order valence-corrected chi connectivity index (χ2v) is 3.52. The van der Waals surface area contributed by atoms with Gasteiger partial charge in [0, 0.05) is 6.07 Å². The van der Waals surface area contributed by atoms with Crippen LogP contribution in [0.1, 0.15) is 23.7 Å². The molecule has 0 saturated carbocycles. The molecule has 0 heterocycles. The fourth-order valence-electron chi connectivity index (χ4n) is 1.43. The summed E-state index contributed by atoms with van der Waals surface area (Å²) in [7, 11) is 0. The highest BCUT2D eigenvalue weighted by atomic mass is 16.6. The molecule has 0 fully saturated rings. The van der Waals surface area contributed by atoms with Crippen LogP contribution in [0.5, 0.6) is 0 Å². The first-order chi connectivity index (χ1) is 8.51. The van der Waals surface area contributed by atoms with Crippen LogP contribution >= 0.6 is 0 Å². The van der Waals surface area contributed by atoms with Gasteiger partial charge in [-0.05, 0) is 12.1 Å². The standard InChI is InChI=1S/C11H9N3O4/c12-4-3-10(15)11(16)8-2-1-7(6-13)5-9(8)14(17)18/h1-2,5,10-11,15-16H,3H2. The van der Waals surface area contributed by atoms with Crippen LogP contribution in [-0.2, 0) is 0 Å². The van der Waals surface area contributed by atoms with Gasteiger partial charge in [0.05, 0.1) is 40.7 Å². The van der Waals surface area contributed by atoms with Gasteiger partial charge in [-0.3, -0.25) is 10.1 Å². The van der Waals surface area contributed by atoms with Crippen molar-refractivity contribution in [1.82, 2.24) is 0 Å². The second-order valence-electron chi connectivity index (χ2n) is 3.52. The number of nitro groups is 1. The SMILES string of the molecule is N#CCC(O)C(O)c1ccc(C#N)cc1[N+](=O)[O-]. The van der Waals surface area contributed by atoms with Crippen molar-refractivity contribution in [3.05, 3.63) is 39.4 Å². The fourth-order valence-corrected chi connectivity index (χ4v) is 1.43. The van der Waals surface area contributed by atoms with Crippen molar-refractivity contribution in [2.24, 2.45) is 0 Å². The normalized spacial score (nSPS) is 13.1. The third kappa shape index (κ3) is 2.80. The molecule has 0 amide bonds. The minimum Gasteiger partial charge on any atom is -0.389 e. The van der Waals surface area contributed by atoms with Gasteiger partial charge in [-0.1, -0.05) is 0 Å². The maximum atomic E-state index is 10.8. The van der Waals surface area contributed by atoms with E-state index in [0.29, 0.717) is 0 Å². The lowest BCUT2D eigenvalue weighted by Crippen LogP contribution is -2.18. The Balaban J connectivity index is 3.21. The third-order valence-electron chi connectivity index (χ3n) is 2.34. The van der Waals surface area contributed by atoms with E-state index in [9.17, 15) is 20.3 Å². The molecule has 0 saturated heterocycles. The Hall–Kier alpha value is -2.48. The molecule has 0 aliphatic carbocycles. The van der Waals surface area contributed by atoms with Crippen molar-refractivity contribution in [3.63, 3.8) is 0 Å². The van der Waals surface area contributed by atoms with Crippen molar-refractivity contribution in [1.29, 1.82) is 10.5 Å². The minimum absolute atomic E-state index is 0.0763. The predicted octanol–water partition coefficient (Wildman–Crippen LogP) is 0.774. The van der Waals surface area contributed by atoms with Crippen molar-refractivity contribution in [2.45, 2.75) is 18.6 Å². The fraction of sp³-hybridized carbons (Fsp3) is 0.273. The van der Waals surface area contributed by atoms with Crippen molar-refractivity contribution < 1.29 is 15.1 Å². The zero-order chi connectivity index (χ0) is 13.7. The summed E-state index contributed by atoms with van der Waals surface area (Å²) in [5, 5.41) is 47.0. The van der Waals surface area contributed by atoms with Gasteiger partial charge in [-0.2, -0.15) is 10.5 Å². The van der Waals surface area contributed by atoms with Crippen LogP contribution in [0.3, 0.4) is 0 Å². The Morgan fingerprint density at radius 2 is 2.06 bits per heavy atom. The molecule has 0 spiro atoms. The first-order valence-electron chi connectivity index (χ1n) is 4.92. The molecule has 2 unspecified atom stereocenters. The average molecular weight is 247 g/mol. The molecule has 18 heavy (non-hydrogen) atoms. The lowest BCUT2D eigenvalue weighted by atomic mass is 9.99. The highest BCUT2D eigenvalue weighted by Gasteiger charge is 2.26. The van der Waals surface area contributed by atoms with Crippen LogP contribution in [0.15, 0.2) is 18.2 Å². The molecule has 0 aliphatic heterocycles. The van der Waals surface area contributed by atoms with Crippen molar-refractivity contribution >= 4 is 5.69 Å². The smallest absolute Gasteiger partial charge is 0.276 e. The Labute approximate surface area is 102 Å². The number of benzene rings is 1. The van der Waals surface area contributed by atoms with Gasteiger partial charge in [-0.25, -0.2) is 0 Å². The topological polar surface area (TPSA) is 131 Å². The molecule has 2 atom stereocenters. The van der Waals surface area contributed by atoms with E-state index in [1.807, 2.05) is 0 Å². The van der Waals surface area contributed by atoms with Gasteiger partial charge in [0.15, 0.2) is 0 Å². The quantitative estimate of drug-likeness (QED) is 0.596. The Morgan fingerprint density at radius 3 is 2.56 bits per heavy atom. The van der Waals surface area contributed by atoms with Crippen molar-refractivity contribution in [2.75, 3.05) is 0 Å². The molecule has 92 valence electrons. The van der Waals surface area contributed by atoms with Gasteiger partial charge in [0.1, 0.15) is 6.10 Å². The first kappa shape index (κ1) is 13.6. The van der Waals surface area contributed by atoms with E-state index in [4.69, 9.17) is 10.5 Å². The molecule has 1 rings (SSSR count). The van der Waals surface area contributed by atoms with E-state index in [1.165, 1.54) is 12.1 Å². The lowest BCUT2D eigenvalue weighted by molar-refractivity contribution is -0.386. The van der Waals surface area contributed by atoms with E-state index in [-0.39, 0.29) is 17.5 Å². The van der Waals surface area contributed by atoms with Gasteiger partial charge < -0.3 is 10.2 Å². The number of nitro benzene ring substituents is 1. The predicted molar refractivity (Wildman–Crippen MR) is 59.0 cm³/mol. The summed E-state index contributed by atoms with van der Waals surface area (Å²) in [5.41, 5.74) is -0.507. The molecular formula is C11H9N3O4. The Morgan fingerprint density at radius 1 is 1.39 bits per heavy atom. The van der Waals surface area contributed by atoms with E-state index in [2.05, 4.69) is 0 Å². The molecule has 7 nitrogen and oxygen atoms in total. The van der Waals surface area contributed by atoms with E-state index in [1.54, 1.807) is 12.1 Å². The van der Waals surface area contributed by atoms with Gasteiger partial charge in [0.25, 0.3) is 5.69 Å². The zero-order valence-electron chi connectivity index (χ0n) is 9.15. The number of nitriles is 2. The number of hydrogen-bond acceptors (Lipinski definition) is 6. The van der Waals surface area contributed by atoms with Crippen LogP contribution in [0.25, 0.3) is 0 Å². The molecule has 0 aromatic heterocycles. The number of rotatable bonds is 4. The van der Waals surface area contributed by atoms with Crippen LogP contribution in [0.4, 0.5) is 5.69 Å². The van der Waals surface area contributed by atoms with Crippen molar-refractivity contribution in [3.8, 4) is 12.1 Å². The highest BCUT2D eigenvalue weighted by molar-refractivity contribution is 5.48. The average Bonchev–Trinajstić information content (AvgIpc) is 2.37. The number of aliphatic hydroxyl groups is 2. The number of hydrogen-bond donors (Lipinski definition) is 2. The summed E-state index contributed by atoms with van der Waals surface area (Å²) >= 11 is 0. The highest BCUT2D eigenvalue weighted by Crippen LogP contribution is 2.29. The maximum absolute atomic E-state index is 10.8. The van der Waals surface area contributed by atoms with Gasteiger partial charge in [-0.15, -0.1) is 0 Å². The monoisotopic (exact) mass is 247 g/mol. The zero-order valence-corrected chi connectivity index (χ0v) is 9.15. The largest absolute Gasteiger partial charge is 0.389 e. The number of nitrogens with zero attached hydrogens (tertiary/aromatic N) is 3. The van der Waals surface area contributed by atoms with Crippen LogP contribution in [0.2, 0.25) is 0 Å². The summed E-state index contributed by atoms with van der Waals surface area (Å²) in [6.07, 6.45) is -3.31. The van der Waals surface area contributed by atoms with Gasteiger partial charge in [0.2, 0.25) is 0 Å². The molecular weight excluding hydrogens is 238 g/mol. The second kappa shape index (κ2) is 5.73. The lowest BCUT2D eigenvalue weighted by Gasteiger charge is -2.15. The van der Waals surface area contributed by atoms with Crippen LogP contribution in [-0.4, -0.2) is 21.2 Å². The molecule has 1 aromatic rings. The van der Waals surface area contributed by atoms with E-state index in [0.717, 1.165) is 6.07 Å². The summed E-state index contributed by atoms with van der Waals surface area (Å²) in [4.78, 5) is 10.1. The van der Waals surface area contributed by atoms with Gasteiger partial charge >= 0.3 is 0 Å². The summed E-state index contributed by atoms with van der Waals surface area (Å²) < 4.78 is 0. The van der Waals surface area contributed by atoms with Crippen LogP contribution in [0, 0.1) is 32.8 Å². The first-order valence-corrected chi connectivity index (χ1v) is 4.92. The Bertz CT molecular complexity index is 544. The summed E-state index contributed by atoms with van der Waals surface area (Å²) in [6.45, 7) is 0. The molecule has 1 aromatic carbocycles. The van der Waals surface area contributed by atoms with E-state index < -0.39 is 22.8 Å². The van der Waals surface area contributed by atoms with Crippen LogP contribution < -0.4 is 0 Å². The van der Waals surface area contributed by atoms with E-state index >= 15 is 0 Å². The number of aliphatic hydroxyl groups excluding tert-OH is 2. The Kier molecular flexibility index (Phi) is 4.33. The molecule has 0 radical (unpaired) electrons. The molecule has 7 heteroatoms.